The monoisotopic (exact) mass is 181 g/mol. The van der Waals surface area contributed by atoms with Crippen molar-refractivity contribution in [1.29, 1.82) is 0 Å². The summed E-state index contributed by atoms with van der Waals surface area (Å²) >= 11 is 0. The van der Waals surface area contributed by atoms with Crippen LogP contribution in [-0.2, 0) is 4.74 Å². The highest BCUT2D eigenvalue weighted by Crippen LogP contribution is 2.71. The molecule has 0 aromatic heterocycles. The number of ether oxygens (including phenoxy) is 1. The smallest absolute Gasteiger partial charge is 0.407 e. The van der Waals surface area contributed by atoms with Gasteiger partial charge < -0.3 is 10.1 Å². The summed E-state index contributed by atoms with van der Waals surface area (Å²) in [6.07, 6.45) is 4.19. The summed E-state index contributed by atoms with van der Waals surface area (Å²) in [5.41, 5.74) is 0. The molecule has 0 saturated heterocycles. The number of hydrogen-bond donors (Lipinski definition) is 1. The van der Waals surface area contributed by atoms with E-state index in [2.05, 4.69) is 11.9 Å². The van der Waals surface area contributed by atoms with Crippen molar-refractivity contribution in [2.45, 2.75) is 18.9 Å². The molecule has 2 aliphatic rings. The minimum atomic E-state index is -0.292. The summed E-state index contributed by atoms with van der Waals surface area (Å²) in [7, 11) is 1.59. The first-order valence-corrected chi connectivity index (χ1v) is 4.79. The number of nitrogens with one attached hydrogen (secondary N) is 1. The van der Waals surface area contributed by atoms with Crippen LogP contribution in [0.15, 0.2) is 12.7 Å². The molecule has 1 N–H and O–H groups in total. The first-order valence-electron chi connectivity index (χ1n) is 4.79. The molecule has 2 aliphatic carbocycles. The third kappa shape index (κ3) is 1.43. The molecule has 2 saturated carbocycles. The fraction of sp³-hybridized carbons (Fsp3) is 0.700. The standard InChI is InChI=1S/C10H15NO2/c1-3-4-5-6-7-8(6)9(7)13-10(12)11-2/h3,6-9H,1,4-5H2,2H3,(H,11,12). The van der Waals surface area contributed by atoms with Crippen LogP contribution in [-0.4, -0.2) is 19.2 Å². The molecule has 72 valence electrons. The van der Waals surface area contributed by atoms with Crippen LogP contribution < -0.4 is 5.32 Å². The van der Waals surface area contributed by atoms with Crippen molar-refractivity contribution >= 4 is 6.09 Å². The number of alkyl carbamates (subject to hydrolysis) is 1. The average molecular weight is 181 g/mol. The molecule has 0 radical (unpaired) electrons. The van der Waals surface area contributed by atoms with Gasteiger partial charge in [0.05, 0.1) is 0 Å². The van der Waals surface area contributed by atoms with Gasteiger partial charge >= 0.3 is 6.09 Å². The first-order chi connectivity index (χ1) is 6.29. The summed E-state index contributed by atoms with van der Waals surface area (Å²) in [6, 6.07) is 0. The summed E-state index contributed by atoms with van der Waals surface area (Å²) in [5.74, 6) is 2.17. The SMILES string of the molecule is C=CCCC1C2C(OC(=O)NC)C12. The fourth-order valence-corrected chi connectivity index (χ4v) is 2.13. The Morgan fingerprint density at radius 2 is 2.31 bits per heavy atom. The molecule has 0 heterocycles. The molecule has 0 spiro atoms. The zero-order chi connectivity index (χ0) is 9.42. The van der Waals surface area contributed by atoms with E-state index in [1.165, 1.54) is 6.42 Å². The van der Waals surface area contributed by atoms with Gasteiger partial charge in [0.15, 0.2) is 0 Å². The third-order valence-electron chi connectivity index (χ3n) is 3.06. The van der Waals surface area contributed by atoms with Crippen LogP contribution in [0, 0.1) is 17.8 Å². The Hall–Kier alpha value is -0.990. The molecular formula is C10H15NO2. The summed E-state index contributed by atoms with van der Waals surface area (Å²) in [4.78, 5) is 10.8. The van der Waals surface area contributed by atoms with Crippen LogP contribution in [0.2, 0.25) is 0 Å². The molecule has 13 heavy (non-hydrogen) atoms. The normalized spacial score (nSPS) is 38.8. The lowest BCUT2D eigenvalue weighted by Gasteiger charge is -2.11. The highest BCUT2D eigenvalue weighted by molar-refractivity contribution is 5.67. The second-order valence-electron chi connectivity index (χ2n) is 3.80. The number of fused-ring (bicyclic) bond motifs is 1. The van der Waals surface area contributed by atoms with E-state index in [0.29, 0.717) is 11.8 Å². The summed E-state index contributed by atoms with van der Waals surface area (Å²) in [5, 5.41) is 2.46. The number of rotatable bonds is 4. The highest BCUT2D eigenvalue weighted by Gasteiger charge is 2.75. The zero-order valence-electron chi connectivity index (χ0n) is 7.82. The van der Waals surface area contributed by atoms with Gasteiger partial charge in [0, 0.05) is 18.9 Å². The maximum Gasteiger partial charge on any atom is 0.407 e. The minimum Gasteiger partial charge on any atom is -0.446 e. The van der Waals surface area contributed by atoms with Crippen LogP contribution in [0.3, 0.4) is 0 Å². The van der Waals surface area contributed by atoms with Crippen molar-refractivity contribution in [3.05, 3.63) is 12.7 Å². The Bertz CT molecular complexity index is 229. The van der Waals surface area contributed by atoms with Crippen LogP contribution in [0.4, 0.5) is 4.79 Å². The molecule has 0 aromatic rings. The van der Waals surface area contributed by atoms with Crippen molar-refractivity contribution in [1.82, 2.24) is 5.32 Å². The van der Waals surface area contributed by atoms with Crippen molar-refractivity contribution in [2.24, 2.45) is 17.8 Å². The van der Waals surface area contributed by atoms with Gasteiger partial charge in [-0.25, -0.2) is 4.79 Å². The molecule has 2 atom stereocenters. The van der Waals surface area contributed by atoms with E-state index in [-0.39, 0.29) is 12.2 Å². The summed E-state index contributed by atoms with van der Waals surface area (Å²) in [6.45, 7) is 3.69. The second-order valence-corrected chi connectivity index (χ2v) is 3.80. The van der Waals surface area contributed by atoms with Gasteiger partial charge in [-0.3, -0.25) is 0 Å². The van der Waals surface area contributed by atoms with Gasteiger partial charge in [-0.05, 0) is 18.8 Å². The van der Waals surface area contributed by atoms with Gasteiger partial charge in [-0.2, -0.15) is 0 Å². The minimum absolute atomic E-state index is 0.231. The van der Waals surface area contributed by atoms with Gasteiger partial charge in [0.1, 0.15) is 6.10 Å². The zero-order valence-corrected chi connectivity index (χ0v) is 7.82. The molecule has 2 rings (SSSR count). The third-order valence-corrected chi connectivity index (χ3v) is 3.06. The molecule has 0 aromatic carbocycles. The van der Waals surface area contributed by atoms with E-state index in [0.717, 1.165) is 12.3 Å². The quantitative estimate of drug-likeness (QED) is 0.668. The predicted octanol–water partition coefficient (Wildman–Crippen LogP) is 1.55. The highest BCUT2D eigenvalue weighted by atomic mass is 16.6. The van der Waals surface area contributed by atoms with Gasteiger partial charge in [-0.15, -0.1) is 6.58 Å². The molecule has 3 nitrogen and oxygen atoms in total. The van der Waals surface area contributed by atoms with Crippen LogP contribution in [0.1, 0.15) is 12.8 Å². The van der Waals surface area contributed by atoms with E-state index in [1.54, 1.807) is 7.05 Å². The molecule has 0 aliphatic heterocycles. The largest absolute Gasteiger partial charge is 0.446 e. The maximum atomic E-state index is 10.8. The first kappa shape index (κ1) is 8.60. The molecule has 1 amide bonds. The maximum absolute atomic E-state index is 10.8. The van der Waals surface area contributed by atoms with E-state index >= 15 is 0 Å². The van der Waals surface area contributed by atoms with E-state index < -0.39 is 0 Å². The van der Waals surface area contributed by atoms with E-state index in [9.17, 15) is 4.79 Å². The van der Waals surface area contributed by atoms with Gasteiger partial charge in [0.2, 0.25) is 0 Å². The Balaban J connectivity index is 1.61. The van der Waals surface area contributed by atoms with Crippen LogP contribution in [0.25, 0.3) is 0 Å². The second kappa shape index (κ2) is 3.05. The Labute approximate surface area is 78.1 Å². The van der Waals surface area contributed by atoms with Gasteiger partial charge in [0.25, 0.3) is 0 Å². The fourth-order valence-electron chi connectivity index (χ4n) is 2.13. The number of carbonyl (C=O) groups excluding carboxylic acids is 1. The molecule has 0 bridgehead atoms. The van der Waals surface area contributed by atoms with Crippen molar-refractivity contribution < 1.29 is 9.53 Å². The summed E-state index contributed by atoms with van der Waals surface area (Å²) < 4.78 is 5.11. The van der Waals surface area contributed by atoms with Crippen molar-refractivity contribution in [3.8, 4) is 0 Å². The molecule has 2 unspecified atom stereocenters. The van der Waals surface area contributed by atoms with Gasteiger partial charge in [-0.1, -0.05) is 6.08 Å². The van der Waals surface area contributed by atoms with Crippen molar-refractivity contribution in [2.75, 3.05) is 7.05 Å². The number of allylic oxidation sites excluding steroid dienone is 1. The predicted molar refractivity (Wildman–Crippen MR) is 49.2 cm³/mol. The lowest BCUT2D eigenvalue weighted by atomic mass is 10.1. The molecular weight excluding hydrogens is 166 g/mol. The lowest BCUT2D eigenvalue weighted by molar-refractivity contribution is 0.109. The Morgan fingerprint density at radius 1 is 1.62 bits per heavy atom. The number of amides is 1. The van der Waals surface area contributed by atoms with Crippen LogP contribution in [0.5, 0.6) is 0 Å². The Morgan fingerprint density at radius 3 is 2.85 bits per heavy atom. The molecule has 3 heteroatoms. The average Bonchev–Trinajstić information content (AvgIpc) is 3.00. The number of carbonyl (C=O) groups is 1. The molecule has 2 fully saturated rings. The van der Waals surface area contributed by atoms with Crippen molar-refractivity contribution in [3.63, 3.8) is 0 Å². The Kier molecular flexibility index (Phi) is 2.02. The topological polar surface area (TPSA) is 38.3 Å². The van der Waals surface area contributed by atoms with Crippen LogP contribution >= 0.6 is 0 Å². The van der Waals surface area contributed by atoms with E-state index in [4.69, 9.17) is 4.74 Å². The lowest BCUT2D eigenvalue weighted by Crippen LogP contribution is -2.24. The van der Waals surface area contributed by atoms with E-state index in [1.807, 2.05) is 6.08 Å². The number of hydrogen-bond acceptors (Lipinski definition) is 2.